The summed E-state index contributed by atoms with van der Waals surface area (Å²) >= 11 is 0. The third-order valence-corrected chi connectivity index (χ3v) is 1.97. The zero-order valence-electron chi connectivity index (χ0n) is 8.52. The van der Waals surface area contributed by atoms with E-state index in [0.29, 0.717) is 0 Å². The SMILES string of the molecule is COc1cc(C(=O)C(C)N)cc(O)c1O. The summed E-state index contributed by atoms with van der Waals surface area (Å²) in [7, 11) is 1.33. The Morgan fingerprint density at radius 3 is 2.53 bits per heavy atom. The van der Waals surface area contributed by atoms with Gasteiger partial charge < -0.3 is 20.7 Å². The molecule has 0 saturated carbocycles. The van der Waals surface area contributed by atoms with Crippen molar-refractivity contribution in [3.63, 3.8) is 0 Å². The van der Waals surface area contributed by atoms with Gasteiger partial charge in [-0.05, 0) is 19.1 Å². The molecule has 1 aromatic rings. The number of nitrogens with two attached hydrogens (primary N) is 1. The maximum Gasteiger partial charge on any atom is 0.200 e. The Kier molecular flexibility index (Phi) is 3.16. The number of ether oxygens (including phenoxy) is 1. The summed E-state index contributed by atoms with van der Waals surface area (Å²) in [4.78, 5) is 11.5. The smallest absolute Gasteiger partial charge is 0.200 e. The first-order valence-electron chi connectivity index (χ1n) is 4.37. The lowest BCUT2D eigenvalue weighted by Crippen LogP contribution is -2.26. The van der Waals surface area contributed by atoms with Crippen LogP contribution in [-0.4, -0.2) is 29.1 Å². The van der Waals surface area contributed by atoms with Crippen LogP contribution in [0.2, 0.25) is 0 Å². The molecule has 5 heteroatoms. The van der Waals surface area contributed by atoms with Crippen molar-refractivity contribution in [1.29, 1.82) is 0 Å². The molecule has 4 N–H and O–H groups in total. The average molecular weight is 211 g/mol. The second kappa shape index (κ2) is 4.18. The standard InChI is InChI=1S/C10H13NO4/c1-5(11)9(13)6-3-7(12)10(14)8(4-6)15-2/h3-5,12,14H,11H2,1-2H3. The number of phenolic OH excluding ortho intramolecular Hbond substituents is 2. The van der Waals surface area contributed by atoms with Crippen LogP contribution in [0.15, 0.2) is 12.1 Å². The van der Waals surface area contributed by atoms with Crippen molar-refractivity contribution in [3.05, 3.63) is 17.7 Å². The minimum atomic E-state index is -0.668. The van der Waals surface area contributed by atoms with Crippen molar-refractivity contribution in [2.24, 2.45) is 5.73 Å². The number of hydrogen-bond donors (Lipinski definition) is 3. The van der Waals surface area contributed by atoms with Crippen LogP contribution < -0.4 is 10.5 Å². The lowest BCUT2D eigenvalue weighted by Gasteiger charge is -2.09. The molecule has 1 atom stereocenters. The molecule has 0 aliphatic heterocycles. The van der Waals surface area contributed by atoms with Gasteiger partial charge in [0.05, 0.1) is 13.2 Å². The molecule has 0 aliphatic carbocycles. The van der Waals surface area contributed by atoms with Gasteiger partial charge in [0.2, 0.25) is 5.75 Å². The van der Waals surface area contributed by atoms with Gasteiger partial charge in [-0.15, -0.1) is 0 Å². The number of methoxy groups -OCH3 is 1. The van der Waals surface area contributed by atoms with E-state index in [1.54, 1.807) is 6.92 Å². The van der Waals surface area contributed by atoms with E-state index in [2.05, 4.69) is 0 Å². The van der Waals surface area contributed by atoms with Gasteiger partial charge in [-0.2, -0.15) is 0 Å². The number of phenols is 2. The molecule has 15 heavy (non-hydrogen) atoms. The van der Waals surface area contributed by atoms with Gasteiger partial charge in [0, 0.05) is 5.56 Å². The molecule has 0 heterocycles. The molecule has 0 spiro atoms. The minimum absolute atomic E-state index is 0.0407. The van der Waals surface area contributed by atoms with E-state index in [9.17, 15) is 15.0 Å². The molecular weight excluding hydrogens is 198 g/mol. The Morgan fingerprint density at radius 2 is 2.07 bits per heavy atom. The molecule has 0 aromatic heterocycles. The van der Waals surface area contributed by atoms with Gasteiger partial charge in [0.1, 0.15) is 0 Å². The maximum absolute atomic E-state index is 11.5. The quantitative estimate of drug-likeness (QED) is 0.504. The zero-order chi connectivity index (χ0) is 11.6. The first-order valence-corrected chi connectivity index (χ1v) is 4.37. The molecule has 0 radical (unpaired) electrons. The normalized spacial score (nSPS) is 12.2. The molecule has 0 aliphatic rings. The molecule has 1 unspecified atom stereocenters. The van der Waals surface area contributed by atoms with Gasteiger partial charge in [0.25, 0.3) is 0 Å². The number of rotatable bonds is 3. The number of carbonyl (C=O) groups excluding carboxylic acids is 1. The van der Waals surface area contributed by atoms with Gasteiger partial charge in [-0.3, -0.25) is 4.79 Å². The van der Waals surface area contributed by atoms with Gasteiger partial charge >= 0.3 is 0 Å². The van der Waals surface area contributed by atoms with E-state index in [1.165, 1.54) is 13.2 Å². The first-order chi connectivity index (χ1) is 6.97. The van der Waals surface area contributed by atoms with Crippen LogP contribution in [0.4, 0.5) is 0 Å². The lowest BCUT2D eigenvalue weighted by atomic mass is 10.0. The van der Waals surface area contributed by atoms with Crippen LogP contribution >= 0.6 is 0 Å². The average Bonchev–Trinajstić information content (AvgIpc) is 2.20. The highest BCUT2D eigenvalue weighted by Crippen LogP contribution is 2.36. The van der Waals surface area contributed by atoms with Crippen molar-refractivity contribution < 1.29 is 19.7 Å². The van der Waals surface area contributed by atoms with Crippen LogP contribution in [0.5, 0.6) is 17.2 Å². The third kappa shape index (κ3) is 2.19. The molecule has 0 fully saturated rings. The number of aromatic hydroxyl groups is 2. The largest absolute Gasteiger partial charge is 0.504 e. The van der Waals surface area contributed by atoms with Crippen molar-refractivity contribution >= 4 is 5.78 Å². The number of hydrogen-bond acceptors (Lipinski definition) is 5. The highest BCUT2D eigenvalue weighted by molar-refractivity contribution is 6.00. The number of benzene rings is 1. The second-order valence-corrected chi connectivity index (χ2v) is 3.20. The topological polar surface area (TPSA) is 92.8 Å². The molecule has 1 aromatic carbocycles. The third-order valence-electron chi connectivity index (χ3n) is 1.97. The van der Waals surface area contributed by atoms with Crippen molar-refractivity contribution in [1.82, 2.24) is 0 Å². The fourth-order valence-electron chi connectivity index (χ4n) is 1.15. The van der Waals surface area contributed by atoms with E-state index < -0.39 is 17.5 Å². The lowest BCUT2D eigenvalue weighted by molar-refractivity contribution is 0.0967. The maximum atomic E-state index is 11.5. The second-order valence-electron chi connectivity index (χ2n) is 3.20. The molecule has 82 valence electrons. The van der Waals surface area contributed by atoms with E-state index >= 15 is 0 Å². The number of carbonyl (C=O) groups is 1. The highest BCUT2D eigenvalue weighted by Gasteiger charge is 2.16. The van der Waals surface area contributed by atoms with E-state index in [0.717, 1.165) is 6.07 Å². The fourth-order valence-corrected chi connectivity index (χ4v) is 1.15. The Bertz CT molecular complexity index is 387. The van der Waals surface area contributed by atoms with E-state index in [4.69, 9.17) is 10.5 Å². The van der Waals surface area contributed by atoms with Crippen LogP contribution in [0.3, 0.4) is 0 Å². The van der Waals surface area contributed by atoms with Crippen LogP contribution in [0.1, 0.15) is 17.3 Å². The Labute approximate surface area is 87.1 Å². The predicted molar refractivity (Wildman–Crippen MR) is 54.3 cm³/mol. The molecule has 0 saturated heterocycles. The Balaban J connectivity index is 3.22. The van der Waals surface area contributed by atoms with Crippen LogP contribution in [0.25, 0.3) is 0 Å². The molecular formula is C10H13NO4. The molecule has 0 amide bonds. The monoisotopic (exact) mass is 211 g/mol. The summed E-state index contributed by atoms with van der Waals surface area (Å²) in [6.07, 6.45) is 0. The molecule has 5 nitrogen and oxygen atoms in total. The summed E-state index contributed by atoms with van der Waals surface area (Å²) in [6, 6.07) is 1.82. The van der Waals surface area contributed by atoms with Gasteiger partial charge in [-0.1, -0.05) is 0 Å². The van der Waals surface area contributed by atoms with Crippen LogP contribution in [-0.2, 0) is 0 Å². The Hall–Kier alpha value is -1.75. The van der Waals surface area contributed by atoms with E-state index in [1.807, 2.05) is 0 Å². The van der Waals surface area contributed by atoms with Crippen molar-refractivity contribution in [3.8, 4) is 17.2 Å². The van der Waals surface area contributed by atoms with Gasteiger partial charge in [-0.25, -0.2) is 0 Å². The fraction of sp³-hybridized carbons (Fsp3) is 0.300. The summed E-state index contributed by atoms with van der Waals surface area (Å²) < 4.78 is 4.79. The summed E-state index contributed by atoms with van der Waals surface area (Å²) in [6.45, 7) is 1.54. The summed E-state index contributed by atoms with van der Waals surface area (Å²) in [5.41, 5.74) is 5.62. The molecule has 1 rings (SSSR count). The zero-order valence-corrected chi connectivity index (χ0v) is 8.52. The van der Waals surface area contributed by atoms with Gasteiger partial charge in [0.15, 0.2) is 17.3 Å². The predicted octanol–water partition coefficient (Wildman–Crippen LogP) is 0.636. The molecule has 0 bridgehead atoms. The van der Waals surface area contributed by atoms with Crippen LogP contribution in [0, 0.1) is 0 Å². The highest BCUT2D eigenvalue weighted by atomic mass is 16.5. The van der Waals surface area contributed by atoms with Crippen molar-refractivity contribution in [2.45, 2.75) is 13.0 Å². The minimum Gasteiger partial charge on any atom is -0.504 e. The summed E-state index contributed by atoms with van der Waals surface area (Å²) in [5, 5.41) is 18.6. The Morgan fingerprint density at radius 1 is 1.47 bits per heavy atom. The summed E-state index contributed by atoms with van der Waals surface area (Å²) in [5.74, 6) is -1.08. The van der Waals surface area contributed by atoms with Crippen molar-refractivity contribution in [2.75, 3.05) is 7.11 Å². The number of Topliss-reactive ketones (excluding diaryl/α,β-unsaturated/α-hetero) is 1. The first kappa shape index (κ1) is 11.3. The van der Waals surface area contributed by atoms with E-state index in [-0.39, 0.29) is 17.1 Å². The number of ketones is 1.